The van der Waals surface area contributed by atoms with Gasteiger partial charge in [-0.3, -0.25) is 0 Å². The van der Waals surface area contributed by atoms with Crippen LogP contribution in [-0.4, -0.2) is 65.4 Å². The van der Waals surface area contributed by atoms with E-state index in [1.165, 1.54) is 34.3 Å². The molecule has 14 heteroatoms. The average molecular weight is 662 g/mol. The molecule has 242 valence electrons. The van der Waals surface area contributed by atoms with Gasteiger partial charge in [0.05, 0.1) is 23.1 Å². The van der Waals surface area contributed by atoms with Crippen molar-refractivity contribution in [1.82, 2.24) is 9.97 Å². The van der Waals surface area contributed by atoms with Gasteiger partial charge in [-0.1, -0.05) is 42.4 Å². The Morgan fingerprint density at radius 3 is 2.49 bits per heavy atom. The first kappa shape index (κ1) is 31.9. The monoisotopic (exact) mass is 661 g/mol. The molecule has 0 spiro atoms. The Bertz CT molecular complexity index is 1690. The third-order valence-corrected chi connectivity index (χ3v) is 11.2. The lowest BCUT2D eigenvalue weighted by molar-refractivity contribution is -0.162. The van der Waals surface area contributed by atoms with Crippen LogP contribution in [-0.2, 0) is 19.5 Å². The average Bonchev–Trinajstić information content (AvgIpc) is 3.61. The molecule has 0 radical (unpaired) electrons. The zero-order valence-electron chi connectivity index (χ0n) is 25.4. The van der Waals surface area contributed by atoms with Gasteiger partial charge in [0.25, 0.3) is 10.0 Å². The summed E-state index contributed by atoms with van der Waals surface area (Å²) in [5, 5.41) is 14.3. The Labute approximate surface area is 265 Å². The molecule has 0 amide bonds. The van der Waals surface area contributed by atoms with E-state index in [-0.39, 0.29) is 22.2 Å². The summed E-state index contributed by atoms with van der Waals surface area (Å²) in [5.41, 5.74) is 8.09. The number of nitrogens with one attached hydrogen (secondary N) is 1. The second-order valence-electron chi connectivity index (χ2n) is 12.3. The lowest BCUT2D eigenvalue weighted by Gasteiger charge is -2.28. The van der Waals surface area contributed by atoms with Crippen LogP contribution < -0.4 is 15.4 Å². The predicted octanol–water partition coefficient (Wildman–Crippen LogP) is 4.96. The molecule has 2 heterocycles. The van der Waals surface area contributed by atoms with Gasteiger partial charge >= 0.3 is 0 Å². The van der Waals surface area contributed by atoms with E-state index in [1.54, 1.807) is 26.0 Å². The molecule has 6 atom stereocenters. The fraction of sp³-hybridized carbons (Fsp3) is 0.484. The molecule has 1 aromatic heterocycles. The number of fused-ring (bicyclic) bond motifs is 1. The molecule has 2 saturated carbocycles. The minimum atomic E-state index is -4.24. The second kappa shape index (κ2) is 12.0. The lowest BCUT2D eigenvalue weighted by atomic mass is 10.1. The number of ether oxygens (including phenoxy) is 2. The van der Waals surface area contributed by atoms with Crippen molar-refractivity contribution in [1.29, 1.82) is 0 Å². The van der Waals surface area contributed by atoms with E-state index in [0.29, 0.717) is 29.3 Å². The highest BCUT2D eigenvalue weighted by atomic mass is 32.2. The third kappa shape index (κ3) is 6.22. The molecular formula is C31H37F2N5O5S2. The van der Waals surface area contributed by atoms with Crippen molar-refractivity contribution in [3.05, 3.63) is 65.2 Å². The fourth-order valence-corrected chi connectivity index (χ4v) is 8.42. The number of halogens is 2. The van der Waals surface area contributed by atoms with E-state index in [9.17, 15) is 22.3 Å². The summed E-state index contributed by atoms with van der Waals surface area (Å²) < 4.78 is 70.0. The van der Waals surface area contributed by atoms with Crippen molar-refractivity contribution in [3.63, 3.8) is 0 Å². The van der Waals surface area contributed by atoms with Gasteiger partial charge in [-0.25, -0.2) is 31.5 Å². The van der Waals surface area contributed by atoms with Gasteiger partial charge in [-0.05, 0) is 69.9 Å². The number of sulfonamides is 1. The Morgan fingerprint density at radius 1 is 1.09 bits per heavy atom. The van der Waals surface area contributed by atoms with Crippen molar-refractivity contribution in [2.45, 2.75) is 99.1 Å². The number of nitrogens with zero attached hydrogens (tertiary/aromatic N) is 3. The molecule has 0 unspecified atom stereocenters. The number of thioether (sulfide) groups is 1. The Hall–Kier alpha value is -3.04. The van der Waals surface area contributed by atoms with Crippen molar-refractivity contribution in [2.24, 2.45) is 0 Å². The first-order valence-corrected chi connectivity index (χ1v) is 17.4. The molecule has 2 aliphatic carbocycles. The largest absolute Gasteiger partial charge is 0.393 e. The van der Waals surface area contributed by atoms with E-state index in [2.05, 4.69) is 15.3 Å². The highest BCUT2D eigenvalue weighted by Gasteiger charge is 2.54. The van der Waals surface area contributed by atoms with Crippen molar-refractivity contribution in [2.75, 3.05) is 21.1 Å². The fourth-order valence-electron chi connectivity index (χ4n) is 6.06. The van der Waals surface area contributed by atoms with Gasteiger partial charge in [0.2, 0.25) is 0 Å². The van der Waals surface area contributed by atoms with E-state index in [4.69, 9.17) is 15.2 Å². The van der Waals surface area contributed by atoms with Gasteiger partial charge < -0.3 is 25.6 Å². The molecule has 3 aromatic rings. The molecule has 3 fully saturated rings. The Morgan fingerprint density at radius 2 is 1.80 bits per heavy atom. The maximum Gasteiger partial charge on any atom is 0.265 e. The molecule has 45 heavy (non-hydrogen) atoms. The van der Waals surface area contributed by atoms with Crippen LogP contribution >= 0.6 is 11.8 Å². The van der Waals surface area contributed by atoms with Crippen molar-refractivity contribution >= 4 is 39.1 Å². The number of nitrogens with two attached hydrogens (primary N) is 1. The smallest absolute Gasteiger partial charge is 0.265 e. The highest BCUT2D eigenvalue weighted by Crippen LogP contribution is 2.50. The molecule has 3 aliphatic rings. The number of aromatic nitrogens is 2. The van der Waals surface area contributed by atoms with E-state index < -0.39 is 63.8 Å². The first-order valence-electron chi connectivity index (χ1n) is 15.0. The number of hydrogen-bond donors (Lipinski definition) is 3. The number of nitrogen functional groups attached to an aromatic ring is 1. The van der Waals surface area contributed by atoms with Gasteiger partial charge in [0.1, 0.15) is 17.9 Å². The second-order valence-corrected chi connectivity index (χ2v) is 15.1. The van der Waals surface area contributed by atoms with Crippen LogP contribution in [0.15, 0.2) is 52.5 Å². The normalized spacial score (nSPS) is 26.9. The van der Waals surface area contributed by atoms with Crippen LogP contribution in [0.1, 0.15) is 57.1 Å². The van der Waals surface area contributed by atoms with Gasteiger partial charge in [-0.2, -0.15) is 0 Å². The number of aryl methyl sites for hydroxylation is 1. The quantitative estimate of drug-likeness (QED) is 0.202. The SMILES string of the molecule is CCCSc1nc(N[C@@H]2C[C@H](O)[C@H]3OC(C)(C)O[C@H]32)c(N)c(N([C@@H]2C[C@H]2c2ccc(F)c(F)c2)S(=O)(=O)c2ccc(C)cc2)n1. The topological polar surface area (TPSA) is 140 Å². The van der Waals surface area contributed by atoms with Crippen LogP contribution in [0.4, 0.5) is 26.1 Å². The summed E-state index contributed by atoms with van der Waals surface area (Å²) in [4.78, 5) is 9.38. The predicted molar refractivity (Wildman–Crippen MR) is 168 cm³/mol. The number of rotatable bonds is 10. The highest BCUT2D eigenvalue weighted by molar-refractivity contribution is 7.99. The number of aliphatic hydroxyl groups excluding tert-OH is 1. The van der Waals surface area contributed by atoms with E-state index >= 15 is 0 Å². The third-order valence-electron chi connectivity index (χ3n) is 8.31. The van der Waals surface area contributed by atoms with Crippen LogP contribution in [0.5, 0.6) is 0 Å². The van der Waals surface area contributed by atoms with E-state index in [0.717, 1.165) is 24.1 Å². The van der Waals surface area contributed by atoms with Crippen LogP contribution in [0.3, 0.4) is 0 Å². The lowest BCUT2D eigenvalue weighted by Crippen LogP contribution is -2.37. The standard InChI is InChI=1S/C31H37F2N5O5S2/c1-5-12-44-30-36-28(35-22-15-24(39)27-26(22)42-31(3,4)43-27)25(34)29(37-30)38(45(40,41)18-9-6-16(2)7-10-18)23-14-19(23)17-8-11-20(32)21(33)13-17/h6-11,13,19,22-24,26-27,39H,5,12,14-15,34H2,1-4H3,(H,35,36,37)/t19-,22+,23+,24-,26-,27+/m0/s1. The zero-order chi connectivity index (χ0) is 32.3. The maximum atomic E-state index is 14.4. The molecule has 2 aromatic carbocycles. The van der Waals surface area contributed by atoms with Crippen LogP contribution in [0, 0.1) is 18.6 Å². The van der Waals surface area contributed by atoms with Crippen molar-refractivity contribution < 1.29 is 31.8 Å². The molecule has 4 N–H and O–H groups in total. The van der Waals surface area contributed by atoms with Gasteiger partial charge in [0.15, 0.2) is 34.2 Å². The summed E-state index contributed by atoms with van der Waals surface area (Å²) in [7, 11) is -4.24. The molecule has 1 aliphatic heterocycles. The van der Waals surface area contributed by atoms with E-state index in [1.807, 2.05) is 13.8 Å². The summed E-state index contributed by atoms with van der Waals surface area (Å²) >= 11 is 1.36. The summed E-state index contributed by atoms with van der Waals surface area (Å²) in [6.45, 7) is 7.42. The minimum absolute atomic E-state index is 0.00131. The summed E-state index contributed by atoms with van der Waals surface area (Å²) in [5.74, 6) is -2.43. The van der Waals surface area contributed by atoms with Crippen LogP contribution in [0.2, 0.25) is 0 Å². The van der Waals surface area contributed by atoms with Crippen molar-refractivity contribution in [3.8, 4) is 0 Å². The minimum Gasteiger partial charge on any atom is -0.393 e. The summed E-state index contributed by atoms with van der Waals surface area (Å²) in [6.07, 6.45) is -0.357. The number of anilines is 3. The Kier molecular flexibility index (Phi) is 8.48. The molecule has 0 bridgehead atoms. The number of benzene rings is 2. The Balaban J connectivity index is 1.43. The van der Waals surface area contributed by atoms with Crippen LogP contribution in [0.25, 0.3) is 0 Å². The zero-order valence-corrected chi connectivity index (χ0v) is 27.0. The molecule has 1 saturated heterocycles. The maximum absolute atomic E-state index is 14.4. The molecule has 6 rings (SSSR count). The number of aliphatic hydroxyl groups is 1. The van der Waals surface area contributed by atoms with Gasteiger partial charge in [-0.15, -0.1) is 0 Å². The molecular weight excluding hydrogens is 625 g/mol. The number of hydrogen-bond acceptors (Lipinski definition) is 10. The first-order chi connectivity index (χ1) is 21.3. The van der Waals surface area contributed by atoms with Gasteiger partial charge in [0, 0.05) is 11.7 Å². The summed E-state index contributed by atoms with van der Waals surface area (Å²) in [6, 6.07) is 8.96. The molecule has 10 nitrogen and oxygen atoms in total.